The first-order valence-electron chi connectivity index (χ1n) is 7.14. The molecule has 0 bridgehead atoms. The Morgan fingerprint density at radius 3 is 2.63 bits per heavy atom. The third kappa shape index (κ3) is 2.82. The highest BCUT2D eigenvalue weighted by Crippen LogP contribution is 2.27. The van der Waals surface area contributed by atoms with Gasteiger partial charge in [-0.2, -0.15) is 0 Å². The number of rotatable bonds is 6. The summed E-state index contributed by atoms with van der Waals surface area (Å²) in [6.45, 7) is 9.06. The van der Waals surface area contributed by atoms with Crippen molar-refractivity contribution in [3.63, 3.8) is 0 Å². The molecule has 19 heavy (non-hydrogen) atoms. The Morgan fingerprint density at radius 2 is 2.00 bits per heavy atom. The molecular weight excluding hydrogens is 236 g/mol. The highest BCUT2D eigenvalue weighted by Gasteiger charge is 2.17. The summed E-state index contributed by atoms with van der Waals surface area (Å²) in [4.78, 5) is 2.43. The third-order valence-corrected chi connectivity index (χ3v) is 3.95. The van der Waals surface area contributed by atoms with E-state index in [1.54, 1.807) is 0 Å². The number of furan rings is 1. The van der Waals surface area contributed by atoms with Gasteiger partial charge in [-0.15, -0.1) is 0 Å². The second kappa shape index (κ2) is 6.22. The number of benzene rings is 1. The van der Waals surface area contributed by atoms with E-state index in [9.17, 15) is 0 Å². The molecule has 104 valence electrons. The molecule has 1 unspecified atom stereocenters. The zero-order valence-electron chi connectivity index (χ0n) is 12.1. The average molecular weight is 260 g/mol. The standard InChI is InChI=1S/C16H24N2O/c1-4-12(3)18(5-2)11-16-14(10-17)13-8-6-7-9-15(13)19-16/h6-9,12H,4-5,10-11,17H2,1-3H3. The Morgan fingerprint density at radius 1 is 1.26 bits per heavy atom. The van der Waals surface area contributed by atoms with E-state index >= 15 is 0 Å². The van der Waals surface area contributed by atoms with Gasteiger partial charge in [0.1, 0.15) is 11.3 Å². The number of hydrogen-bond acceptors (Lipinski definition) is 3. The van der Waals surface area contributed by atoms with Gasteiger partial charge >= 0.3 is 0 Å². The summed E-state index contributed by atoms with van der Waals surface area (Å²) in [6.07, 6.45) is 1.14. The van der Waals surface area contributed by atoms with Gasteiger partial charge in [0.05, 0.1) is 6.54 Å². The second-order valence-electron chi connectivity index (χ2n) is 5.02. The zero-order chi connectivity index (χ0) is 13.8. The van der Waals surface area contributed by atoms with Crippen LogP contribution in [0.4, 0.5) is 0 Å². The summed E-state index contributed by atoms with van der Waals surface area (Å²) in [6, 6.07) is 8.69. The van der Waals surface area contributed by atoms with Gasteiger partial charge in [-0.05, 0) is 26.0 Å². The fraction of sp³-hybridized carbons (Fsp3) is 0.500. The first kappa shape index (κ1) is 14.1. The molecule has 0 aliphatic heterocycles. The van der Waals surface area contributed by atoms with Gasteiger partial charge < -0.3 is 10.2 Å². The highest BCUT2D eigenvalue weighted by atomic mass is 16.3. The van der Waals surface area contributed by atoms with Gasteiger partial charge in [0.2, 0.25) is 0 Å². The van der Waals surface area contributed by atoms with Crippen molar-refractivity contribution in [2.24, 2.45) is 5.73 Å². The molecule has 0 saturated carbocycles. The Kier molecular flexibility index (Phi) is 4.61. The van der Waals surface area contributed by atoms with E-state index in [4.69, 9.17) is 10.2 Å². The molecule has 0 spiro atoms. The zero-order valence-corrected chi connectivity index (χ0v) is 12.1. The number of nitrogens with zero attached hydrogens (tertiary/aromatic N) is 1. The molecule has 0 saturated heterocycles. The van der Waals surface area contributed by atoms with Crippen molar-refractivity contribution in [2.45, 2.75) is 46.3 Å². The number of nitrogens with two attached hydrogens (primary N) is 1. The lowest BCUT2D eigenvalue weighted by atomic mass is 10.1. The molecule has 0 aliphatic carbocycles. The second-order valence-corrected chi connectivity index (χ2v) is 5.02. The van der Waals surface area contributed by atoms with E-state index in [1.165, 1.54) is 0 Å². The van der Waals surface area contributed by atoms with Crippen LogP contribution < -0.4 is 5.73 Å². The number of hydrogen-bond donors (Lipinski definition) is 1. The molecule has 1 atom stereocenters. The number of fused-ring (bicyclic) bond motifs is 1. The van der Waals surface area contributed by atoms with E-state index in [1.807, 2.05) is 18.2 Å². The smallest absolute Gasteiger partial charge is 0.134 e. The quantitative estimate of drug-likeness (QED) is 0.864. The van der Waals surface area contributed by atoms with Gasteiger partial charge in [0.25, 0.3) is 0 Å². The van der Waals surface area contributed by atoms with Crippen molar-refractivity contribution in [3.05, 3.63) is 35.6 Å². The first-order valence-corrected chi connectivity index (χ1v) is 7.14. The van der Waals surface area contributed by atoms with Crippen molar-refractivity contribution in [2.75, 3.05) is 6.54 Å². The van der Waals surface area contributed by atoms with E-state index in [0.29, 0.717) is 12.6 Å². The summed E-state index contributed by atoms with van der Waals surface area (Å²) in [7, 11) is 0. The van der Waals surface area contributed by atoms with E-state index < -0.39 is 0 Å². The van der Waals surface area contributed by atoms with Crippen molar-refractivity contribution in [1.29, 1.82) is 0 Å². The molecule has 1 heterocycles. The lowest BCUT2D eigenvalue weighted by molar-refractivity contribution is 0.191. The summed E-state index contributed by atoms with van der Waals surface area (Å²) in [5.74, 6) is 1.02. The van der Waals surface area contributed by atoms with Crippen LogP contribution in [0.3, 0.4) is 0 Å². The maximum atomic E-state index is 6.00. The van der Waals surface area contributed by atoms with Gasteiger partial charge in [0, 0.05) is 23.5 Å². The van der Waals surface area contributed by atoms with Gasteiger partial charge in [0.15, 0.2) is 0 Å². The van der Waals surface area contributed by atoms with Crippen LogP contribution in [-0.4, -0.2) is 17.5 Å². The van der Waals surface area contributed by atoms with Crippen molar-refractivity contribution < 1.29 is 4.42 Å². The van der Waals surface area contributed by atoms with Gasteiger partial charge in [-0.1, -0.05) is 32.0 Å². The highest BCUT2D eigenvalue weighted by molar-refractivity contribution is 5.82. The summed E-state index contributed by atoms with van der Waals surface area (Å²) in [5.41, 5.74) is 8.00. The molecule has 0 aliphatic rings. The largest absolute Gasteiger partial charge is 0.459 e. The molecular formula is C16H24N2O. The monoisotopic (exact) mass is 260 g/mol. The minimum atomic E-state index is 0.532. The van der Waals surface area contributed by atoms with Crippen LogP contribution in [0.25, 0.3) is 11.0 Å². The third-order valence-electron chi connectivity index (χ3n) is 3.95. The summed E-state index contributed by atoms with van der Waals surface area (Å²) < 4.78 is 6.00. The van der Waals surface area contributed by atoms with Crippen LogP contribution in [0.5, 0.6) is 0 Å². The van der Waals surface area contributed by atoms with Crippen LogP contribution in [0, 0.1) is 0 Å². The van der Waals surface area contributed by atoms with Crippen LogP contribution in [0.15, 0.2) is 28.7 Å². The van der Waals surface area contributed by atoms with Crippen LogP contribution in [0.1, 0.15) is 38.5 Å². The van der Waals surface area contributed by atoms with Crippen LogP contribution >= 0.6 is 0 Å². The average Bonchev–Trinajstić information content (AvgIpc) is 2.80. The SMILES string of the molecule is CCC(C)N(CC)Cc1oc2ccccc2c1CN. The summed E-state index contributed by atoms with van der Waals surface area (Å²) >= 11 is 0. The fourth-order valence-corrected chi connectivity index (χ4v) is 2.52. The minimum absolute atomic E-state index is 0.532. The fourth-order valence-electron chi connectivity index (χ4n) is 2.52. The Balaban J connectivity index is 2.33. The van der Waals surface area contributed by atoms with Crippen molar-refractivity contribution in [3.8, 4) is 0 Å². The predicted octanol–water partition coefficient (Wildman–Crippen LogP) is 3.51. The maximum absolute atomic E-state index is 6.00. The Hall–Kier alpha value is -1.32. The molecule has 2 aromatic rings. The topological polar surface area (TPSA) is 42.4 Å². The Bertz CT molecular complexity index is 533. The van der Waals surface area contributed by atoms with Crippen LogP contribution in [0.2, 0.25) is 0 Å². The number of para-hydroxylation sites is 1. The molecule has 3 nitrogen and oxygen atoms in total. The lowest BCUT2D eigenvalue weighted by Crippen LogP contribution is -2.32. The van der Waals surface area contributed by atoms with Crippen molar-refractivity contribution >= 4 is 11.0 Å². The molecule has 0 radical (unpaired) electrons. The molecule has 1 aromatic carbocycles. The molecule has 2 N–H and O–H groups in total. The first-order chi connectivity index (χ1) is 9.21. The molecule has 1 aromatic heterocycles. The molecule has 2 rings (SSSR count). The summed E-state index contributed by atoms with van der Waals surface area (Å²) in [5, 5.41) is 1.15. The molecule has 0 amide bonds. The van der Waals surface area contributed by atoms with E-state index in [2.05, 4.69) is 31.7 Å². The lowest BCUT2D eigenvalue weighted by Gasteiger charge is -2.26. The normalized spacial score (nSPS) is 13.3. The van der Waals surface area contributed by atoms with Gasteiger partial charge in [-0.3, -0.25) is 4.90 Å². The molecule has 0 fully saturated rings. The van der Waals surface area contributed by atoms with Gasteiger partial charge in [-0.25, -0.2) is 0 Å². The van der Waals surface area contributed by atoms with E-state index in [-0.39, 0.29) is 0 Å². The minimum Gasteiger partial charge on any atom is -0.459 e. The van der Waals surface area contributed by atoms with E-state index in [0.717, 1.165) is 41.8 Å². The van der Waals surface area contributed by atoms with Crippen LogP contribution in [-0.2, 0) is 13.1 Å². The Labute approximate surface area is 115 Å². The van der Waals surface area contributed by atoms with Crippen molar-refractivity contribution in [1.82, 2.24) is 4.90 Å². The molecule has 3 heteroatoms. The predicted molar refractivity (Wildman–Crippen MR) is 79.9 cm³/mol. The maximum Gasteiger partial charge on any atom is 0.134 e.